The second-order valence-corrected chi connectivity index (χ2v) is 13.8. The number of hydrogen-bond donors (Lipinski definition) is 3. The Morgan fingerprint density at radius 3 is 1.27 bits per heavy atom. The van der Waals surface area contributed by atoms with E-state index in [4.69, 9.17) is 0 Å². The Labute approximate surface area is 266 Å². The standard InChI is InChI=1S/C40H52O3P/c1-5-9-18-30-24-16-25-31(19-10-6-2)37(30)35-28-29-36(44(41,42)43)40(39(35)34-22-14-13-15-23-34)38-32(20-11-7-3)26-17-27-33(38)21-12-8-4/h13-17,22-29,41-43H,5-12,18-21H2,1-4H3/q+1. The average Bonchev–Trinajstić information content (AvgIpc) is 3.03. The van der Waals surface area contributed by atoms with Gasteiger partial charge in [-0.2, -0.15) is 14.7 Å². The van der Waals surface area contributed by atoms with Gasteiger partial charge in [-0.25, -0.2) is 0 Å². The van der Waals surface area contributed by atoms with E-state index < -0.39 is 7.94 Å². The minimum Gasteiger partial charge on any atom is -0.189 e. The predicted molar refractivity (Wildman–Crippen MR) is 190 cm³/mol. The van der Waals surface area contributed by atoms with Gasteiger partial charge in [0.25, 0.3) is 0 Å². The first kappa shape index (κ1) is 34.1. The normalized spacial score (nSPS) is 11.7. The quantitative estimate of drug-likeness (QED) is 0.110. The Morgan fingerprint density at radius 2 is 0.864 bits per heavy atom. The van der Waals surface area contributed by atoms with Gasteiger partial charge in [0, 0.05) is 11.1 Å². The van der Waals surface area contributed by atoms with Crippen molar-refractivity contribution in [3.05, 3.63) is 101 Å². The van der Waals surface area contributed by atoms with Crippen molar-refractivity contribution in [1.29, 1.82) is 0 Å². The molecule has 0 radical (unpaired) electrons. The largest absolute Gasteiger partial charge is 0.441 e. The number of hydrogen-bond acceptors (Lipinski definition) is 3. The van der Waals surface area contributed by atoms with Crippen LogP contribution in [0.3, 0.4) is 0 Å². The predicted octanol–water partition coefficient (Wildman–Crippen LogP) is 10.4. The highest BCUT2D eigenvalue weighted by molar-refractivity contribution is 7.67. The van der Waals surface area contributed by atoms with Gasteiger partial charge in [-0.1, -0.05) is 120 Å². The van der Waals surface area contributed by atoms with E-state index >= 15 is 0 Å². The lowest BCUT2D eigenvalue weighted by molar-refractivity contribution is 0.347. The molecule has 234 valence electrons. The first-order chi connectivity index (χ1) is 21.3. The third kappa shape index (κ3) is 8.06. The molecular weight excluding hydrogens is 559 g/mol. The minimum atomic E-state index is -4.38. The molecule has 3 N–H and O–H groups in total. The summed E-state index contributed by atoms with van der Waals surface area (Å²) in [6.45, 7) is 8.89. The van der Waals surface area contributed by atoms with Crippen LogP contribution in [0, 0.1) is 0 Å². The molecule has 0 atom stereocenters. The summed E-state index contributed by atoms with van der Waals surface area (Å²) in [5.74, 6) is 0. The number of rotatable bonds is 16. The lowest BCUT2D eigenvalue weighted by atomic mass is 9.80. The smallest absolute Gasteiger partial charge is 0.189 e. The summed E-state index contributed by atoms with van der Waals surface area (Å²) < 4.78 is 0. The molecule has 0 aromatic heterocycles. The van der Waals surface area contributed by atoms with Gasteiger partial charge in [0.05, 0.1) is 0 Å². The maximum absolute atomic E-state index is 11.1. The lowest BCUT2D eigenvalue weighted by Crippen LogP contribution is -2.17. The summed E-state index contributed by atoms with van der Waals surface area (Å²) in [6, 6.07) is 27.5. The van der Waals surface area contributed by atoms with E-state index in [9.17, 15) is 14.7 Å². The van der Waals surface area contributed by atoms with Gasteiger partial charge >= 0.3 is 7.94 Å². The number of unbranched alkanes of at least 4 members (excludes halogenated alkanes) is 4. The molecule has 0 aliphatic heterocycles. The van der Waals surface area contributed by atoms with Gasteiger partial charge in [-0.05, 0) is 108 Å². The molecule has 4 aromatic carbocycles. The molecule has 0 spiro atoms. The third-order valence-corrected chi connectivity index (χ3v) is 9.78. The monoisotopic (exact) mass is 611 g/mol. The van der Waals surface area contributed by atoms with Crippen LogP contribution in [0.5, 0.6) is 0 Å². The van der Waals surface area contributed by atoms with Crippen LogP contribution in [-0.2, 0) is 25.7 Å². The van der Waals surface area contributed by atoms with Crippen molar-refractivity contribution in [2.24, 2.45) is 0 Å². The van der Waals surface area contributed by atoms with Crippen molar-refractivity contribution in [3.8, 4) is 33.4 Å². The van der Waals surface area contributed by atoms with E-state index in [1.165, 1.54) is 27.8 Å². The van der Waals surface area contributed by atoms with E-state index in [-0.39, 0.29) is 5.30 Å². The van der Waals surface area contributed by atoms with Crippen LogP contribution in [-0.4, -0.2) is 14.7 Å². The van der Waals surface area contributed by atoms with Gasteiger partial charge in [0.15, 0.2) is 5.30 Å². The van der Waals surface area contributed by atoms with Gasteiger partial charge in [-0.15, -0.1) is 0 Å². The fourth-order valence-electron chi connectivity index (χ4n) is 6.48. The summed E-state index contributed by atoms with van der Waals surface area (Å²) in [7, 11) is -4.38. The molecule has 4 heteroatoms. The van der Waals surface area contributed by atoms with Crippen molar-refractivity contribution in [2.75, 3.05) is 0 Å². The van der Waals surface area contributed by atoms with E-state index in [0.717, 1.165) is 105 Å². The Hall–Kier alpha value is -2.81. The van der Waals surface area contributed by atoms with Crippen molar-refractivity contribution >= 4 is 13.2 Å². The van der Waals surface area contributed by atoms with Crippen LogP contribution in [0.1, 0.15) is 101 Å². The van der Waals surface area contributed by atoms with Crippen LogP contribution in [0.15, 0.2) is 78.9 Å². The molecule has 3 nitrogen and oxygen atoms in total. The Balaban J connectivity index is 2.21. The molecule has 0 bridgehead atoms. The summed E-state index contributed by atoms with van der Waals surface area (Å²) in [5.41, 5.74) is 11.3. The van der Waals surface area contributed by atoms with Crippen LogP contribution in [0.4, 0.5) is 0 Å². The van der Waals surface area contributed by atoms with Crippen LogP contribution < -0.4 is 5.30 Å². The molecule has 0 amide bonds. The maximum atomic E-state index is 11.1. The zero-order chi connectivity index (χ0) is 31.5. The molecule has 0 fully saturated rings. The van der Waals surface area contributed by atoms with E-state index in [2.05, 4.69) is 88.4 Å². The molecule has 44 heavy (non-hydrogen) atoms. The SMILES string of the molecule is CCCCc1cccc(CCCC)c1-c1ccc([P+](O)(O)O)c(-c2c(CCCC)cccc2CCCC)c1-c1ccccc1. The van der Waals surface area contributed by atoms with Crippen LogP contribution in [0.2, 0.25) is 0 Å². The molecule has 4 rings (SSSR count). The molecule has 0 aliphatic carbocycles. The second kappa shape index (κ2) is 16.5. The highest BCUT2D eigenvalue weighted by Gasteiger charge is 2.40. The zero-order valence-electron chi connectivity index (χ0n) is 27.3. The van der Waals surface area contributed by atoms with E-state index in [1.807, 2.05) is 12.1 Å². The Bertz CT molecular complexity index is 1430. The van der Waals surface area contributed by atoms with Crippen molar-refractivity contribution in [1.82, 2.24) is 0 Å². The second-order valence-electron chi connectivity index (χ2n) is 12.1. The highest BCUT2D eigenvalue weighted by atomic mass is 31.2. The maximum Gasteiger partial charge on any atom is 0.441 e. The van der Waals surface area contributed by atoms with Gasteiger partial charge in [-0.3, -0.25) is 0 Å². The van der Waals surface area contributed by atoms with Crippen molar-refractivity contribution in [2.45, 2.75) is 105 Å². The highest BCUT2D eigenvalue weighted by Crippen LogP contribution is 2.52. The summed E-state index contributed by atoms with van der Waals surface area (Å²) in [6.07, 6.45) is 12.4. The fraction of sp³-hybridized carbons (Fsp3) is 0.400. The molecular formula is C40H52O3P+. The van der Waals surface area contributed by atoms with Crippen molar-refractivity contribution < 1.29 is 14.7 Å². The molecule has 0 aliphatic rings. The third-order valence-electron chi connectivity index (χ3n) is 8.76. The fourth-order valence-corrected chi connectivity index (χ4v) is 7.28. The zero-order valence-corrected chi connectivity index (χ0v) is 28.2. The summed E-state index contributed by atoms with van der Waals surface area (Å²) >= 11 is 0. The van der Waals surface area contributed by atoms with E-state index in [0.29, 0.717) is 0 Å². The number of aryl methyl sites for hydroxylation is 4. The average molecular weight is 612 g/mol. The molecule has 0 saturated heterocycles. The Kier molecular flexibility index (Phi) is 12.8. The van der Waals surface area contributed by atoms with Gasteiger partial charge in [0.2, 0.25) is 0 Å². The van der Waals surface area contributed by atoms with Gasteiger partial charge in [0.1, 0.15) is 0 Å². The molecule has 0 heterocycles. The van der Waals surface area contributed by atoms with Crippen molar-refractivity contribution in [3.63, 3.8) is 0 Å². The van der Waals surface area contributed by atoms with E-state index in [1.54, 1.807) is 6.07 Å². The minimum absolute atomic E-state index is 0.239. The summed E-state index contributed by atoms with van der Waals surface area (Å²) in [4.78, 5) is 33.2. The van der Waals surface area contributed by atoms with Crippen LogP contribution >= 0.6 is 7.94 Å². The molecule has 0 unspecified atom stereocenters. The van der Waals surface area contributed by atoms with Gasteiger partial charge < -0.3 is 0 Å². The number of benzene rings is 4. The topological polar surface area (TPSA) is 60.7 Å². The Morgan fingerprint density at radius 1 is 0.432 bits per heavy atom. The lowest BCUT2D eigenvalue weighted by Gasteiger charge is -2.25. The molecule has 4 aromatic rings. The first-order valence-corrected chi connectivity index (χ1v) is 18.5. The van der Waals surface area contributed by atoms with Crippen LogP contribution in [0.25, 0.3) is 33.4 Å². The molecule has 0 saturated carbocycles. The first-order valence-electron chi connectivity index (χ1n) is 16.9. The summed E-state index contributed by atoms with van der Waals surface area (Å²) in [5, 5.41) is 0.239.